The molecule has 0 N–H and O–H groups in total. The van der Waals surface area contributed by atoms with Gasteiger partial charge in [-0.2, -0.15) is 0 Å². The third-order valence-electron chi connectivity index (χ3n) is 5.53. The van der Waals surface area contributed by atoms with Crippen LogP contribution in [0, 0.1) is 36.0 Å². The van der Waals surface area contributed by atoms with E-state index in [1.54, 1.807) is 0 Å². The third-order valence-corrected chi connectivity index (χ3v) is 5.53. The van der Waals surface area contributed by atoms with Crippen LogP contribution in [0.5, 0.6) is 0 Å². The van der Waals surface area contributed by atoms with Crippen LogP contribution in [-0.2, 0) is 0 Å². The molecule has 0 aromatic rings. The lowest BCUT2D eigenvalue weighted by Gasteiger charge is -2.37. The van der Waals surface area contributed by atoms with Crippen molar-refractivity contribution in [3.05, 3.63) is 0 Å². The summed E-state index contributed by atoms with van der Waals surface area (Å²) in [5, 5.41) is 0. The zero-order valence-corrected chi connectivity index (χ0v) is 12.2. The van der Waals surface area contributed by atoms with Crippen LogP contribution in [0.4, 0.5) is 0 Å². The molecular weight excluding hydrogens is 216 g/mol. The average molecular weight is 246 g/mol. The van der Waals surface area contributed by atoms with Crippen molar-refractivity contribution in [3.63, 3.8) is 0 Å². The molecule has 2 aliphatic carbocycles. The first-order chi connectivity index (χ1) is 8.83. The van der Waals surface area contributed by atoms with Gasteiger partial charge in [-0.25, -0.2) is 0 Å². The highest BCUT2D eigenvalue weighted by Gasteiger charge is 2.30. The van der Waals surface area contributed by atoms with Gasteiger partial charge in [-0.3, -0.25) is 0 Å². The van der Waals surface area contributed by atoms with Gasteiger partial charge in [-0.05, 0) is 56.3 Å². The minimum absolute atomic E-state index is 0.599. The topological polar surface area (TPSA) is 0 Å². The molecule has 0 unspecified atom stereocenters. The maximum atomic E-state index is 5.54. The molecule has 0 heteroatoms. The second-order valence-corrected chi connectivity index (χ2v) is 6.70. The van der Waals surface area contributed by atoms with Gasteiger partial charge < -0.3 is 0 Å². The Balaban J connectivity index is 1.69. The van der Waals surface area contributed by atoms with E-state index in [9.17, 15) is 0 Å². The van der Waals surface area contributed by atoms with Crippen molar-refractivity contribution in [2.75, 3.05) is 0 Å². The first kappa shape index (κ1) is 14.0. The Morgan fingerprint density at radius 2 is 1.44 bits per heavy atom. The molecule has 2 aliphatic rings. The monoisotopic (exact) mass is 246 g/mol. The van der Waals surface area contributed by atoms with Crippen molar-refractivity contribution in [1.82, 2.24) is 0 Å². The molecule has 0 heterocycles. The Labute approximate surface area is 114 Å². The van der Waals surface area contributed by atoms with E-state index in [-0.39, 0.29) is 0 Å². The fraction of sp³-hybridized carbons (Fsp3) is 0.889. The molecule has 0 nitrogen and oxygen atoms in total. The van der Waals surface area contributed by atoms with Gasteiger partial charge in [0.05, 0.1) is 0 Å². The highest BCUT2D eigenvalue weighted by Crippen LogP contribution is 2.42. The summed E-state index contributed by atoms with van der Waals surface area (Å²) in [5.41, 5.74) is 0. The van der Waals surface area contributed by atoms with Gasteiger partial charge in [0.15, 0.2) is 0 Å². The molecule has 0 atom stereocenters. The Kier molecular flexibility index (Phi) is 5.61. The Hall–Kier alpha value is -0.440. The van der Waals surface area contributed by atoms with Gasteiger partial charge in [0.2, 0.25) is 0 Å². The van der Waals surface area contributed by atoms with Crippen LogP contribution >= 0.6 is 0 Å². The summed E-state index contributed by atoms with van der Waals surface area (Å²) in [4.78, 5) is 0. The Bertz CT molecular complexity index is 256. The lowest BCUT2D eigenvalue weighted by atomic mass is 9.69. The maximum Gasteiger partial charge on any atom is 0.0200 e. The summed E-state index contributed by atoms with van der Waals surface area (Å²) in [6, 6.07) is 0. The predicted octanol–water partition coefficient (Wildman–Crippen LogP) is 5.42. The van der Waals surface area contributed by atoms with Gasteiger partial charge in [0.1, 0.15) is 0 Å². The van der Waals surface area contributed by atoms with Gasteiger partial charge in [0.25, 0.3) is 0 Å². The van der Waals surface area contributed by atoms with Gasteiger partial charge in [0, 0.05) is 5.92 Å². The summed E-state index contributed by atoms with van der Waals surface area (Å²) < 4.78 is 0. The number of unbranched alkanes of at least 4 members (excludes halogenated alkanes) is 1. The van der Waals surface area contributed by atoms with E-state index in [4.69, 9.17) is 6.42 Å². The quantitative estimate of drug-likeness (QED) is 0.581. The lowest BCUT2D eigenvalue weighted by molar-refractivity contribution is 0.153. The summed E-state index contributed by atoms with van der Waals surface area (Å²) in [5.74, 6) is 6.67. The number of rotatable bonds is 4. The molecule has 0 aromatic heterocycles. The van der Waals surface area contributed by atoms with Crippen LogP contribution < -0.4 is 0 Å². The molecule has 0 bridgehead atoms. The Morgan fingerprint density at radius 3 is 1.94 bits per heavy atom. The fourth-order valence-corrected chi connectivity index (χ4v) is 4.20. The van der Waals surface area contributed by atoms with Crippen molar-refractivity contribution in [1.29, 1.82) is 0 Å². The van der Waals surface area contributed by atoms with Crippen LogP contribution in [0.3, 0.4) is 0 Å². The van der Waals surface area contributed by atoms with Gasteiger partial charge in [-0.1, -0.05) is 39.0 Å². The zero-order chi connectivity index (χ0) is 12.8. The molecule has 0 aliphatic heterocycles. The van der Waals surface area contributed by atoms with E-state index in [0.717, 1.165) is 17.8 Å². The minimum atomic E-state index is 0.599. The molecule has 2 fully saturated rings. The molecule has 0 aromatic carbocycles. The van der Waals surface area contributed by atoms with Crippen molar-refractivity contribution in [2.24, 2.45) is 23.7 Å². The summed E-state index contributed by atoms with van der Waals surface area (Å²) in [6.07, 6.45) is 21.3. The van der Waals surface area contributed by atoms with Crippen LogP contribution in [0.1, 0.15) is 77.6 Å². The zero-order valence-electron chi connectivity index (χ0n) is 12.2. The van der Waals surface area contributed by atoms with Crippen molar-refractivity contribution in [3.8, 4) is 12.3 Å². The number of hydrogen-bond donors (Lipinski definition) is 0. The van der Waals surface area contributed by atoms with Crippen LogP contribution in [0.2, 0.25) is 0 Å². The SMILES string of the molecule is C#C[C@H]1CC[C@H]([C@H]2CC[C@H](CCCC)CC2)CC1. The first-order valence-electron chi connectivity index (χ1n) is 8.29. The van der Waals surface area contributed by atoms with Crippen LogP contribution in [0.25, 0.3) is 0 Å². The molecule has 18 heavy (non-hydrogen) atoms. The molecule has 0 radical (unpaired) electrons. The van der Waals surface area contributed by atoms with E-state index in [0.29, 0.717) is 5.92 Å². The van der Waals surface area contributed by atoms with Crippen molar-refractivity contribution < 1.29 is 0 Å². The van der Waals surface area contributed by atoms with E-state index >= 15 is 0 Å². The molecule has 102 valence electrons. The van der Waals surface area contributed by atoms with Crippen LogP contribution in [0.15, 0.2) is 0 Å². The summed E-state index contributed by atoms with van der Waals surface area (Å²) in [6.45, 7) is 2.32. The van der Waals surface area contributed by atoms with Crippen molar-refractivity contribution in [2.45, 2.75) is 77.6 Å². The fourth-order valence-electron chi connectivity index (χ4n) is 4.20. The predicted molar refractivity (Wildman–Crippen MR) is 79.3 cm³/mol. The molecule has 2 rings (SSSR count). The van der Waals surface area contributed by atoms with Crippen molar-refractivity contribution >= 4 is 0 Å². The number of terminal acetylenes is 1. The average Bonchev–Trinajstić information content (AvgIpc) is 2.46. The second kappa shape index (κ2) is 7.22. The molecule has 0 amide bonds. The Morgan fingerprint density at radius 1 is 0.889 bits per heavy atom. The largest absolute Gasteiger partial charge is 0.120 e. The third kappa shape index (κ3) is 3.78. The van der Waals surface area contributed by atoms with Gasteiger partial charge >= 0.3 is 0 Å². The van der Waals surface area contributed by atoms with E-state index in [2.05, 4.69) is 12.8 Å². The molecule has 0 spiro atoms. The summed E-state index contributed by atoms with van der Waals surface area (Å²) >= 11 is 0. The highest BCUT2D eigenvalue weighted by molar-refractivity contribution is 4.96. The van der Waals surface area contributed by atoms with E-state index in [1.165, 1.54) is 70.6 Å². The lowest BCUT2D eigenvalue weighted by Crippen LogP contribution is -2.25. The maximum absolute atomic E-state index is 5.54. The normalized spacial score (nSPS) is 37.1. The smallest absolute Gasteiger partial charge is 0.0200 e. The molecule has 2 saturated carbocycles. The minimum Gasteiger partial charge on any atom is -0.120 e. The van der Waals surface area contributed by atoms with Crippen LogP contribution in [-0.4, -0.2) is 0 Å². The van der Waals surface area contributed by atoms with Gasteiger partial charge in [-0.15, -0.1) is 12.3 Å². The van der Waals surface area contributed by atoms with E-state index < -0.39 is 0 Å². The molecule has 0 saturated heterocycles. The second-order valence-electron chi connectivity index (χ2n) is 6.70. The van der Waals surface area contributed by atoms with E-state index in [1.807, 2.05) is 0 Å². The first-order valence-corrected chi connectivity index (χ1v) is 8.29. The standard InChI is InChI=1S/C18H30/c1-3-5-6-16-9-13-18(14-10-16)17-11-7-15(4-2)8-12-17/h2,15-18H,3,5-14H2,1H3/t15-,16-,17-,18-. The highest BCUT2D eigenvalue weighted by atomic mass is 14.3. The molecular formula is C18H30. The summed E-state index contributed by atoms with van der Waals surface area (Å²) in [7, 11) is 0. The number of hydrogen-bond acceptors (Lipinski definition) is 0.